The number of benzene rings is 3. The van der Waals surface area contributed by atoms with Gasteiger partial charge in [0.1, 0.15) is 17.3 Å². The Morgan fingerprint density at radius 2 is 1.79 bits per heavy atom. The summed E-state index contributed by atoms with van der Waals surface area (Å²) >= 11 is 1.22. The molecule has 2 heterocycles. The summed E-state index contributed by atoms with van der Waals surface area (Å²) in [6.07, 6.45) is 0. The number of Topliss-reactive ketones (excluding diaryl/α,β-unsaturated/α-hetero) is 1. The molecule has 4 aromatic rings. The number of ether oxygens (including phenoxy) is 3. The molecule has 1 aromatic heterocycles. The van der Waals surface area contributed by atoms with Gasteiger partial charge in [0.2, 0.25) is 0 Å². The highest BCUT2D eigenvalue weighted by Crippen LogP contribution is 2.46. The lowest BCUT2D eigenvalue weighted by atomic mass is 9.95. The molecule has 0 radical (unpaired) electrons. The number of aromatic hydroxyl groups is 1. The first-order chi connectivity index (χ1) is 18.4. The Bertz CT molecular complexity index is 1590. The first-order valence-electron chi connectivity index (χ1n) is 11.7. The van der Waals surface area contributed by atoms with Crippen molar-refractivity contribution < 1.29 is 34.0 Å². The summed E-state index contributed by atoms with van der Waals surface area (Å²) < 4.78 is 16.9. The van der Waals surface area contributed by atoms with Gasteiger partial charge in [0.15, 0.2) is 16.6 Å². The summed E-state index contributed by atoms with van der Waals surface area (Å²) in [4.78, 5) is 32.9. The Morgan fingerprint density at radius 3 is 2.53 bits per heavy atom. The zero-order valence-electron chi connectivity index (χ0n) is 20.8. The number of rotatable bonds is 7. The van der Waals surface area contributed by atoms with Crippen LogP contribution in [0.5, 0.6) is 23.0 Å². The number of nitrogens with zero attached hydrogens (tertiary/aromatic N) is 2. The number of aromatic nitrogens is 1. The van der Waals surface area contributed by atoms with Gasteiger partial charge in [0.05, 0.1) is 42.7 Å². The lowest BCUT2D eigenvalue weighted by Crippen LogP contribution is -2.29. The monoisotopic (exact) mass is 532 g/mol. The second-order valence-corrected chi connectivity index (χ2v) is 9.40. The summed E-state index contributed by atoms with van der Waals surface area (Å²) in [7, 11) is 3.05. The highest BCUT2D eigenvalue weighted by molar-refractivity contribution is 7.22. The third-order valence-corrected chi connectivity index (χ3v) is 7.19. The van der Waals surface area contributed by atoms with Crippen LogP contribution in [-0.2, 0) is 9.59 Å². The maximum atomic E-state index is 13.5. The minimum Gasteiger partial charge on any atom is -0.507 e. The van der Waals surface area contributed by atoms with Crippen molar-refractivity contribution in [3.05, 3.63) is 77.4 Å². The molecular formula is C28H24N2O7S. The summed E-state index contributed by atoms with van der Waals surface area (Å²) in [5.41, 5.74) is 1.27. The highest BCUT2D eigenvalue weighted by atomic mass is 32.1. The Hall–Kier alpha value is -4.57. The molecule has 2 N–H and O–H groups in total. The highest BCUT2D eigenvalue weighted by Gasteiger charge is 2.48. The predicted octanol–water partition coefficient (Wildman–Crippen LogP) is 5.04. The molecule has 1 unspecified atom stereocenters. The van der Waals surface area contributed by atoms with E-state index in [0.29, 0.717) is 34.7 Å². The number of thiazole rings is 1. The maximum Gasteiger partial charge on any atom is 0.301 e. The second kappa shape index (κ2) is 10.1. The van der Waals surface area contributed by atoms with Crippen LogP contribution in [0.2, 0.25) is 0 Å². The molecule has 0 bridgehead atoms. The van der Waals surface area contributed by atoms with Crippen LogP contribution < -0.4 is 19.1 Å². The lowest BCUT2D eigenvalue weighted by Gasteiger charge is -2.23. The minimum absolute atomic E-state index is 0.0903. The average molecular weight is 533 g/mol. The van der Waals surface area contributed by atoms with Crippen molar-refractivity contribution >= 4 is 44.1 Å². The van der Waals surface area contributed by atoms with Gasteiger partial charge < -0.3 is 24.4 Å². The van der Waals surface area contributed by atoms with Gasteiger partial charge in [-0.2, -0.15) is 0 Å². The quantitative estimate of drug-likeness (QED) is 0.193. The molecule has 1 aliphatic rings. The van der Waals surface area contributed by atoms with Crippen LogP contribution in [0.1, 0.15) is 24.1 Å². The SMILES string of the molecule is CCOc1cc(C2C(=C(O)c3cccc(OC)c3)C(=O)C(=O)N2c2nc3ccc(OC)cc3s2)ccc1O. The molecule has 0 spiro atoms. The number of ketones is 1. The first-order valence-corrected chi connectivity index (χ1v) is 12.5. The average Bonchev–Trinajstić information content (AvgIpc) is 3.47. The summed E-state index contributed by atoms with van der Waals surface area (Å²) in [5.74, 6) is -0.857. The summed E-state index contributed by atoms with van der Waals surface area (Å²) in [5, 5.41) is 21.9. The minimum atomic E-state index is -1.04. The van der Waals surface area contributed by atoms with E-state index in [1.165, 1.54) is 29.4 Å². The molecule has 1 atom stereocenters. The third-order valence-electron chi connectivity index (χ3n) is 6.18. The number of aliphatic hydroxyl groups excluding tert-OH is 1. The van der Waals surface area contributed by atoms with Gasteiger partial charge >= 0.3 is 5.91 Å². The van der Waals surface area contributed by atoms with E-state index in [2.05, 4.69) is 4.98 Å². The Kier molecular flexibility index (Phi) is 6.64. The van der Waals surface area contributed by atoms with E-state index in [9.17, 15) is 19.8 Å². The van der Waals surface area contributed by atoms with Gasteiger partial charge in [-0.15, -0.1) is 0 Å². The molecule has 38 heavy (non-hydrogen) atoms. The predicted molar refractivity (Wildman–Crippen MR) is 143 cm³/mol. The van der Waals surface area contributed by atoms with Crippen molar-refractivity contribution in [1.82, 2.24) is 4.98 Å². The van der Waals surface area contributed by atoms with Crippen LogP contribution in [0.25, 0.3) is 16.0 Å². The number of methoxy groups -OCH3 is 2. The van der Waals surface area contributed by atoms with Crippen LogP contribution in [0.15, 0.2) is 66.2 Å². The lowest BCUT2D eigenvalue weighted by molar-refractivity contribution is -0.132. The second-order valence-electron chi connectivity index (χ2n) is 8.39. The van der Waals surface area contributed by atoms with Crippen molar-refractivity contribution in [3.8, 4) is 23.0 Å². The van der Waals surface area contributed by atoms with Crippen molar-refractivity contribution in [1.29, 1.82) is 0 Å². The van der Waals surface area contributed by atoms with Gasteiger partial charge in [0, 0.05) is 5.56 Å². The first kappa shape index (κ1) is 25.1. The Morgan fingerprint density at radius 1 is 1.03 bits per heavy atom. The van der Waals surface area contributed by atoms with Crippen molar-refractivity contribution in [2.45, 2.75) is 13.0 Å². The topological polar surface area (TPSA) is 118 Å². The number of hydrogen-bond acceptors (Lipinski definition) is 9. The number of hydrogen-bond donors (Lipinski definition) is 2. The van der Waals surface area contributed by atoms with Gasteiger partial charge in [-0.3, -0.25) is 14.5 Å². The number of carbonyl (C=O) groups is 2. The number of carbonyl (C=O) groups excluding carboxylic acids is 2. The molecule has 3 aromatic carbocycles. The molecule has 1 saturated heterocycles. The third kappa shape index (κ3) is 4.28. The Balaban J connectivity index is 1.73. The van der Waals surface area contributed by atoms with Crippen molar-refractivity contribution in [2.24, 2.45) is 0 Å². The summed E-state index contributed by atoms with van der Waals surface area (Å²) in [6, 6.07) is 15.4. The van der Waals surface area contributed by atoms with Crippen molar-refractivity contribution in [3.63, 3.8) is 0 Å². The molecule has 1 aliphatic heterocycles. The molecule has 1 amide bonds. The van der Waals surface area contributed by atoms with Crippen LogP contribution in [-0.4, -0.2) is 47.7 Å². The number of fused-ring (bicyclic) bond motifs is 1. The van der Waals surface area contributed by atoms with Crippen molar-refractivity contribution in [2.75, 3.05) is 25.7 Å². The molecular weight excluding hydrogens is 508 g/mol. The molecule has 10 heteroatoms. The van der Waals surface area contributed by atoms with E-state index in [1.807, 2.05) is 0 Å². The standard InChI is InChI=1S/C28H24N2O7S/c1-4-37-21-13-15(8-11-20(21)31)24-23(25(32)16-6-5-7-17(12-16)35-2)26(33)27(34)30(24)28-29-19-10-9-18(36-3)14-22(19)38-28/h5-14,24,31-32H,4H2,1-3H3. The van der Waals surface area contributed by atoms with E-state index in [0.717, 1.165) is 4.70 Å². The Labute approximate surface area is 222 Å². The summed E-state index contributed by atoms with van der Waals surface area (Å²) in [6.45, 7) is 2.07. The molecule has 194 valence electrons. The molecule has 0 aliphatic carbocycles. The van der Waals surface area contributed by atoms with E-state index in [-0.39, 0.29) is 28.0 Å². The fraction of sp³-hybridized carbons (Fsp3) is 0.179. The number of aliphatic hydroxyl groups is 1. The fourth-order valence-corrected chi connectivity index (χ4v) is 5.39. The van der Waals surface area contributed by atoms with Gasteiger partial charge in [-0.05, 0) is 55.0 Å². The zero-order chi connectivity index (χ0) is 27.0. The van der Waals surface area contributed by atoms with Crippen LogP contribution in [0.4, 0.5) is 5.13 Å². The van der Waals surface area contributed by atoms with E-state index in [4.69, 9.17) is 14.2 Å². The number of phenolic OH excluding ortho intramolecular Hbond substituents is 1. The number of amides is 1. The molecule has 0 saturated carbocycles. The molecule has 1 fully saturated rings. The van der Waals surface area contributed by atoms with E-state index in [1.54, 1.807) is 68.6 Å². The van der Waals surface area contributed by atoms with E-state index >= 15 is 0 Å². The van der Waals surface area contributed by atoms with Crippen LogP contribution in [0.3, 0.4) is 0 Å². The normalized spacial score (nSPS) is 16.7. The van der Waals surface area contributed by atoms with Crippen LogP contribution in [0, 0.1) is 0 Å². The zero-order valence-corrected chi connectivity index (χ0v) is 21.6. The number of phenols is 1. The van der Waals surface area contributed by atoms with E-state index < -0.39 is 17.7 Å². The van der Waals surface area contributed by atoms with Gasteiger partial charge in [0.25, 0.3) is 5.78 Å². The molecule has 9 nitrogen and oxygen atoms in total. The maximum absolute atomic E-state index is 13.5. The van der Waals surface area contributed by atoms with Gasteiger partial charge in [-0.25, -0.2) is 4.98 Å². The largest absolute Gasteiger partial charge is 0.507 e. The smallest absolute Gasteiger partial charge is 0.301 e. The van der Waals surface area contributed by atoms with Crippen LogP contribution >= 0.6 is 11.3 Å². The fourth-order valence-electron chi connectivity index (χ4n) is 4.37. The van der Waals surface area contributed by atoms with Gasteiger partial charge in [-0.1, -0.05) is 29.5 Å². The molecule has 5 rings (SSSR count). The number of anilines is 1.